The van der Waals surface area contributed by atoms with Crippen molar-refractivity contribution >= 4 is 45.9 Å². The van der Waals surface area contributed by atoms with Gasteiger partial charge in [0.1, 0.15) is 0 Å². The Bertz CT molecular complexity index is 488. The van der Waals surface area contributed by atoms with Gasteiger partial charge in [-0.05, 0) is 30.7 Å². The van der Waals surface area contributed by atoms with Crippen LogP contribution < -0.4 is 5.32 Å². The average Bonchev–Trinajstić information content (AvgIpc) is 2.64. The van der Waals surface area contributed by atoms with Crippen LogP contribution in [0.2, 0.25) is 10.0 Å². The molecule has 0 unspecified atom stereocenters. The minimum Gasteiger partial charge on any atom is -0.355 e. The third-order valence-corrected chi connectivity index (χ3v) is 3.73. The highest BCUT2D eigenvalue weighted by Crippen LogP contribution is 2.28. The Morgan fingerprint density at radius 3 is 2.41 bits per heavy atom. The molecular weight excluding hydrogens is 273 g/mol. The number of rotatable bonds is 4. The molecule has 2 aromatic rings. The van der Waals surface area contributed by atoms with Crippen LogP contribution in [0, 0.1) is 0 Å². The van der Waals surface area contributed by atoms with Gasteiger partial charge in [0.25, 0.3) is 0 Å². The Morgan fingerprint density at radius 2 is 1.76 bits per heavy atom. The van der Waals surface area contributed by atoms with Gasteiger partial charge in [-0.1, -0.05) is 36.5 Å². The first-order valence-electron chi connectivity index (χ1n) is 5.48. The molecule has 0 fully saturated rings. The van der Waals surface area contributed by atoms with Crippen LogP contribution in [0.5, 0.6) is 0 Å². The number of hydrogen-bond donors (Lipinski definition) is 1. The Labute approximate surface area is 115 Å². The summed E-state index contributed by atoms with van der Waals surface area (Å²) >= 11 is 13.7. The molecule has 0 aliphatic carbocycles. The maximum Gasteiger partial charge on any atom is 0.0495 e. The summed E-state index contributed by atoms with van der Waals surface area (Å²) in [5, 5.41) is 6.70. The lowest BCUT2D eigenvalue weighted by atomic mass is 10.2. The molecule has 0 radical (unpaired) electrons. The summed E-state index contributed by atoms with van der Waals surface area (Å²) < 4.78 is 0. The number of benzene rings is 1. The third-order valence-electron chi connectivity index (χ3n) is 2.30. The molecule has 1 heterocycles. The van der Waals surface area contributed by atoms with Crippen LogP contribution >= 0.6 is 34.5 Å². The zero-order chi connectivity index (χ0) is 12.3. The van der Waals surface area contributed by atoms with Crippen molar-refractivity contribution < 1.29 is 0 Å². The van der Waals surface area contributed by atoms with Crippen LogP contribution in [0.25, 0.3) is 0 Å². The highest BCUT2D eigenvalue weighted by Gasteiger charge is 2.02. The van der Waals surface area contributed by atoms with Crippen molar-refractivity contribution in [3.63, 3.8) is 0 Å². The fraction of sp³-hybridized carbons (Fsp3) is 0.231. The second-order valence-electron chi connectivity index (χ2n) is 3.83. The number of hydrogen-bond acceptors (Lipinski definition) is 2. The van der Waals surface area contributed by atoms with Crippen molar-refractivity contribution in [2.24, 2.45) is 0 Å². The monoisotopic (exact) mass is 285 g/mol. The normalized spacial score (nSPS) is 10.5. The largest absolute Gasteiger partial charge is 0.355 e. The van der Waals surface area contributed by atoms with E-state index in [9.17, 15) is 0 Å². The molecule has 1 nitrogen and oxygen atoms in total. The topological polar surface area (TPSA) is 12.0 Å². The van der Waals surface area contributed by atoms with Crippen molar-refractivity contribution in [3.8, 4) is 0 Å². The molecule has 1 aromatic heterocycles. The van der Waals surface area contributed by atoms with Crippen LogP contribution in [0.4, 0.5) is 11.4 Å². The maximum atomic E-state index is 5.95. The number of aryl methyl sites for hydroxylation is 1. The number of anilines is 2. The SMILES string of the molecule is CCCc1cc(Nc2cc(Cl)cc(Cl)c2)cs1. The van der Waals surface area contributed by atoms with Crippen molar-refractivity contribution in [2.75, 3.05) is 5.32 Å². The summed E-state index contributed by atoms with van der Waals surface area (Å²) in [5.74, 6) is 0. The van der Waals surface area contributed by atoms with Crippen LogP contribution in [-0.4, -0.2) is 0 Å². The summed E-state index contributed by atoms with van der Waals surface area (Å²) in [6.07, 6.45) is 2.30. The molecule has 0 atom stereocenters. The van der Waals surface area contributed by atoms with E-state index in [0.717, 1.165) is 17.8 Å². The van der Waals surface area contributed by atoms with Crippen LogP contribution in [0.3, 0.4) is 0 Å². The smallest absolute Gasteiger partial charge is 0.0495 e. The van der Waals surface area contributed by atoms with E-state index in [1.807, 2.05) is 12.1 Å². The van der Waals surface area contributed by atoms with E-state index in [1.54, 1.807) is 17.4 Å². The molecule has 17 heavy (non-hydrogen) atoms. The lowest BCUT2D eigenvalue weighted by molar-refractivity contribution is 0.940. The van der Waals surface area contributed by atoms with Gasteiger partial charge in [0.15, 0.2) is 0 Å². The molecule has 0 aliphatic rings. The number of thiophene rings is 1. The molecule has 0 spiro atoms. The van der Waals surface area contributed by atoms with Gasteiger partial charge >= 0.3 is 0 Å². The van der Waals surface area contributed by atoms with Crippen molar-refractivity contribution in [3.05, 3.63) is 44.6 Å². The summed E-state index contributed by atoms with van der Waals surface area (Å²) in [7, 11) is 0. The van der Waals surface area contributed by atoms with E-state index in [1.165, 1.54) is 11.3 Å². The van der Waals surface area contributed by atoms with E-state index in [2.05, 4.69) is 23.7 Å². The first-order valence-corrected chi connectivity index (χ1v) is 7.11. The minimum absolute atomic E-state index is 0.643. The summed E-state index contributed by atoms with van der Waals surface area (Å²) in [6, 6.07) is 7.63. The average molecular weight is 286 g/mol. The van der Waals surface area contributed by atoms with E-state index >= 15 is 0 Å². The minimum atomic E-state index is 0.643. The van der Waals surface area contributed by atoms with Gasteiger partial charge in [-0.15, -0.1) is 11.3 Å². The van der Waals surface area contributed by atoms with Gasteiger partial charge in [-0.3, -0.25) is 0 Å². The Kier molecular flexibility index (Phi) is 4.32. The molecule has 1 N–H and O–H groups in total. The first kappa shape index (κ1) is 12.7. The highest BCUT2D eigenvalue weighted by molar-refractivity contribution is 7.10. The lowest BCUT2D eigenvalue weighted by Gasteiger charge is -2.04. The van der Waals surface area contributed by atoms with Gasteiger partial charge in [0, 0.05) is 31.7 Å². The van der Waals surface area contributed by atoms with E-state index in [0.29, 0.717) is 10.0 Å². The number of nitrogens with one attached hydrogen (secondary N) is 1. The Hall–Kier alpha value is -0.700. The van der Waals surface area contributed by atoms with E-state index < -0.39 is 0 Å². The fourth-order valence-electron chi connectivity index (χ4n) is 1.62. The van der Waals surface area contributed by atoms with Crippen LogP contribution in [0.1, 0.15) is 18.2 Å². The number of halogens is 2. The zero-order valence-corrected chi connectivity index (χ0v) is 11.8. The second kappa shape index (κ2) is 5.76. The van der Waals surface area contributed by atoms with Crippen LogP contribution in [0.15, 0.2) is 29.6 Å². The third kappa shape index (κ3) is 3.63. The molecule has 4 heteroatoms. The Morgan fingerprint density at radius 1 is 1.06 bits per heavy atom. The van der Waals surface area contributed by atoms with Gasteiger partial charge < -0.3 is 5.32 Å². The lowest BCUT2D eigenvalue weighted by Crippen LogP contribution is -1.88. The first-order chi connectivity index (χ1) is 8.17. The zero-order valence-electron chi connectivity index (χ0n) is 9.47. The standard InChI is InChI=1S/C13H13Cl2NS/c1-2-3-13-7-12(8-17-13)16-11-5-9(14)4-10(15)6-11/h4-8,16H,2-3H2,1H3. The predicted octanol–water partition coefficient (Wildman–Crippen LogP) is 5.75. The van der Waals surface area contributed by atoms with Crippen molar-refractivity contribution in [2.45, 2.75) is 19.8 Å². The van der Waals surface area contributed by atoms with Crippen LogP contribution in [-0.2, 0) is 6.42 Å². The second-order valence-corrected chi connectivity index (χ2v) is 5.70. The summed E-state index contributed by atoms with van der Waals surface area (Å²) in [5.41, 5.74) is 2.01. The maximum absolute atomic E-state index is 5.95. The molecule has 0 saturated heterocycles. The molecule has 0 amide bonds. The summed E-state index contributed by atoms with van der Waals surface area (Å²) in [4.78, 5) is 1.39. The van der Waals surface area contributed by atoms with Gasteiger partial charge in [0.05, 0.1) is 0 Å². The molecule has 0 aliphatic heterocycles. The van der Waals surface area contributed by atoms with E-state index in [-0.39, 0.29) is 0 Å². The highest BCUT2D eigenvalue weighted by atomic mass is 35.5. The van der Waals surface area contributed by atoms with E-state index in [4.69, 9.17) is 23.2 Å². The van der Waals surface area contributed by atoms with Gasteiger partial charge in [-0.25, -0.2) is 0 Å². The molecular formula is C13H13Cl2NS. The Balaban J connectivity index is 2.13. The molecule has 1 aromatic carbocycles. The fourth-order valence-corrected chi connectivity index (χ4v) is 3.06. The molecule has 0 bridgehead atoms. The molecule has 0 saturated carbocycles. The van der Waals surface area contributed by atoms with Gasteiger partial charge in [0.2, 0.25) is 0 Å². The summed E-state index contributed by atoms with van der Waals surface area (Å²) in [6.45, 7) is 2.18. The van der Waals surface area contributed by atoms with Crippen molar-refractivity contribution in [1.82, 2.24) is 0 Å². The quantitative estimate of drug-likeness (QED) is 0.754. The predicted molar refractivity (Wildman–Crippen MR) is 78.1 cm³/mol. The van der Waals surface area contributed by atoms with Gasteiger partial charge in [-0.2, -0.15) is 0 Å². The molecule has 90 valence electrons. The van der Waals surface area contributed by atoms with Crippen molar-refractivity contribution in [1.29, 1.82) is 0 Å². The molecule has 2 rings (SSSR count).